The molecule has 0 rings (SSSR count). The summed E-state index contributed by atoms with van der Waals surface area (Å²) in [6, 6.07) is 0. The summed E-state index contributed by atoms with van der Waals surface area (Å²) in [5, 5.41) is 0. The van der Waals surface area contributed by atoms with Crippen molar-refractivity contribution in [1.82, 2.24) is 4.90 Å². The first kappa shape index (κ1) is 12.6. The quantitative estimate of drug-likeness (QED) is 0.606. The molecule has 0 bridgehead atoms. The summed E-state index contributed by atoms with van der Waals surface area (Å²) in [5.41, 5.74) is 0. The Bertz CT molecular complexity index is 143. The van der Waals surface area contributed by atoms with E-state index in [1.54, 1.807) is 0 Å². The highest BCUT2D eigenvalue weighted by molar-refractivity contribution is 5.77. The maximum atomic E-state index is 11.0. The number of hydrogen-bond donors (Lipinski definition) is 0. The first-order valence-corrected chi connectivity index (χ1v) is 5.26. The smallest absolute Gasteiger partial charge is 0.132 e. The van der Waals surface area contributed by atoms with Crippen LogP contribution < -0.4 is 0 Å². The van der Waals surface area contributed by atoms with Crippen molar-refractivity contribution in [2.45, 2.75) is 40.0 Å². The molecule has 0 aromatic rings. The Labute approximate surface area is 82.3 Å². The first-order valence-electron chi connectivity index (χ1n) is 5.26. The first-order chi connectivity index (χ1) is 6.06. The van der Waals surface area contributed by atoms with Crippen LogP contribution in [-0.4, -0.2) is 30.8 Å². The van der Waals surface area contributed by atoms with Gasteiger partial charge in [-0.05, 0) is 25.9 Å². The fraction of sp³-hybridized carbons (Fsp3) is 0.909. The van der Waals surface area contributed by atoms with Crippen molar-refractivity contribution in [3.05, 3.63) is 0 Å². The number of Topliss-reactive ketones (excluding diaryl/α,β-unsaturated/α-hetero) is 1. The van der Waals surface area contributed by atoms with Crippen LogP contribution in [0.3, 0.4) is 0 Å². The molecule has 0 spiro atoms. The third kappa shape index (κ3) is 7.97. The Morgan fingerprint density at radius 1 is 1.38 bits per heavy atom. The zero-order chi connectivity index (χ0) is 10.3. The normalized spacial score (nSPS) is 11.2. The van der Waals surface area contributed by atoms with Crippen molar-refractivity contribution < 1.29 is 4.79 Å². The van der Waals surface area contributed by atoms with E-state index in [0.29, 0.717) is 18.1 Å². The van der Waals surface area contributed by atoms with Gasteiger partial charge in [-0.1, -0.05) is 20.8 Å². The number of nitrogens with zero attached hydrogens (tertiary/aromatic N) is 1. The van der Waals surface area contributed by atoms with E-state index in [4.69, 9.17) is 0 Å². The van der Waals surface area contributed by atoms with Crippen molar-refractivity contribution in [3.8, 4) is 0 Å². The number of rotatable bonds is 7. The van der Waals surface area contributed by atoms with Crippen LogP contribution in [0.2, 0.25) is 0 Å². The monoisotopic (exact) mass is 185 g/mol. The van der Waals surface area contributed by atoms with Crippen molar-refractivity contribution >= 4 is 5.78 Å². The molecule has 0 radical (unpaired) electrons. The van der Waals surface area contributed by atoms with Crippen LogP contribution in [0.4, 0.5) is 0 Å². The molecule has 0 unspecified atom stereocenters. The molecule has 0 aliphatic carbocycles. The molecule has 0 saturated heterocycles. The maximum absolute atomic E-state index is 11.0. The van der Waals surface area contributed by atoms with Gasteiger partial charge in [-0.25, -0.2) is 0 Å². The minimum atomic E-state index is 0.387. The molecule has 0 saturated carbocycles. The second-order valence-electron chi connectivity index (χ2n) is 4.15. The third-order valence-electron chi connectivity index (χ3n) is 2.07. The minimum absolute atomic E-state index is 0.387. The van der Waals surface area contributed by atoms with Crippen LogP contribution >= 0.6 is 0 Å². The SMILES string of the molecule is CCC(=O)CCCN(C)CC(C)C. The number of hydrogen-bond acceptors (Lipinski definition) is 2. The zero-order valence-corrected chi connectivity index (χ0v) is 9.47. The lowest BCUT2D eigenvalue weighted by atomic mass is 10.1. The zero-order valence-electron chi connectivity index (χ0n) is 9.47. The molecule has 2 nitrogen and oxygen atoms in total. The summed E-state index contributed by atoms with van der Waals surface area (Å²) in [7, 11) is 2.12. The van der Waals surface area contributed by atoms with Crippen molar-refractivity contribution in [3.63, 3.8) is 0 Å². The summed E-state index contributed by atoms with van der Waals surface area (Å²) in [6.07, 6.45) is 2.45. The average Bonchev–Trinajstić information content (AvgIpc) is 2.02. The summed E-state index contributed by atoms with van der Waals surface area (Å²) in [6.45, 7) is 8.53. The van der Waals surface area contributed by atoms with Crippen LogP contribution in [0, 0.1) is 5.92 Å². The number of carbonyl (C=O) groups is 1. The molecule has 0 heterocycles. The van der Waals surface area contributed by atoms with Crippen molar-refractivity contribution in [2.24, 2.45) is 5.92 Å². The molecule has 0 atom stereocenters. The highest BCUT2D eigenvalue weighted by Crippen LogP contribution is 2.00. The van der Waals surface area contributed by atoms with Crippen LogP contribution in [-0.2, 0) is 4.79 Å². The van der Waals surface area contributed by atoms with E-state index in [1.807, 2.05) is 6.92 Å². The molecule has 0 aromatic carbocycles. The van der Waals surface area contributed by atoms with Crippen LogP contribution in [0.1, 0.15) is 40.0 Å². The standard InChI is InChI=1S/C11H23NO/c1-5-11(13)7-6-8-12(4)9-10(2)3/h10H,5-9H2,1-4H3. The second kappa shape index (κ2) is 7.07. The largest absolute Gasteiger partial charge is 0.306 e. The van der Waals surface area contributed by atoms with E-state index >= 15 is 0 Å². The number of carbonyl (C=O) groups excluding carboxylic acids is 1. The molecule has 78 valence electrons. The fourth-order valence-electron chi connectivity index (χ4n) is 1.44. The van der Waals surface area contributed by atoms with Crippen molar-refractivity contribution in [2.75, 3.05) is 20.1 Å². The van der Waals surface area contributed by atoms with E-state index in [1.165, 1.54) is 0 Å². The van der Waals surface area contributed by atoms with Gasteiger partial charge in [-0.2, -0.15) is 0 Å². The van der Waals surface area contributed by atoms with Gasteiger partial charge in [0.05, 0.1) is 0 Å². The predicted octanol–water partition coefficient (Wildman–Crippen LogP) is 2.33. The minimum Gasteiger partial charge on any atom is -0.306 e. The van der Waals surface area contributed by atoms with Gasteiger partial charge in [0.2, 0.25) is 0 Å². The Hall–Kier alpha value is -0.370. The molecular weight excluding hydrogens is 162 g/mol. The van der Waals surface area contributed by atoms with E-state index in [9.17, 15) is 4.79 Å². The van der Waals surface area contributed by atoms with E-state index < -0.39 is 0 Å². The lowest BCUT2D eigenvalue weighted by Crippen LogP contribution is -2.24. The molecule has 2 heteroatoms. The Kier molecular flexibility index (Phi) is 6.87. The van der Waals surface area contributed by atoms with Crippen LogP contribution in [0.15, 0.2) is 0 Å². The summed E-state index contributed by atoms with van der Waals surface area (Å²) < 4.78 is 0. The van der Waals surface area contributed by atoms with Gasteiger partial charge in [-0.15, -0.1) is 0 Å². The maximum Gasteiger partial charge on any atom is 0.132 e. The van der Waals surface area contributed by atoms with E-state index in [-0.39, 0.29) is 0 Å². The van der Waals surface area contributed by atoms with Gasteiger partial charge in [-0.3, -0.25) is 4.79 Å². The highest BCUT2D eigenvalue weighted by Gasteiger charge is 2.02. The summed E-state index contributed by atoms with van der Waals surface area (Å²) in [4.78, 5) is 13.3. The average molecular weight is 185 g/mol. The molecule has 0 fully saturated rings. The van der Waals surface area contributed by atoms with Gasteiger partial charge in [0.25, 0.3) is 0 Å². The summed E-state index contributed by atoms with van der Waals surface area (Å²) >= 11 is 0. The van der Waals surface area contributed by atoms with Crippen LogP contribution in [0.5, 0.6) is 0 Å². The predicted molar refractivity (Wildman–Crippen MR) is 56.9 cm³/mol. The van der Waals surface area contributed by atoms with Gasteiger partial charge < -0.3 is 4.90 Å². The van der Waals surface area contributed by atoms with E-state index in [2.05, 4.69) is 25.8 Å². The van der Waals surface area contributed by atoms with Gasteiger partial charge in [0.1, 0.15) is 5.78 Å². The molecule has 13 heavy (non-hydrogen) atoms. The second-order valence-corrected chi connectivity index (χ2v) is 4.15. The van der Waals surface area contributed by atoms with Gasteiger partial charge >= 0.3 is 0 Å². The lowest BCUT2D eigenvalue weighted by Gasteiger charge is -2.18. The van der Waals surface area contributed by atoms with Crippen molar-refractivity contribution in [1.29, 1.82) is 0 Å². The molecule has 0 amide bonds. The Morgan fingerprint density at radius 2 is 2.00 bits per heavy atom. The molecular formula is C11H23NO. The molecule has 0 N–H and O–H groups in total. The third-order valence-corrected chi connectivity index (χ3v) is 2.07. The Morgan fingerprint density at radius 3 is 2.46 bits per heavy atom. The topological polar surface area (TPSA) is 20.3 Å². The molecule has 0 aliphatic rings. The van der Waals surface area contributed by atoms with Gasteiger partial charge in [0.15, 0.2) is 0 Å². The Balaban J connectivity index is 3.36. The molecule has 0 aliphatic heterocycles. The van der Waals surface area contributed by atoms with Gasteiger partial charge in [0, 0.05) is 19.4 Å². The lowest BCUT2D eigenvalue weighted by molar-refractivity contribution is -0.118. The number of ketones is 1. The molecule has 0 aromatic heterocycles. The van der Waals surface area contributed by atoms with E-state index in [0.717, 1.165) is 25.9 Å². The van der Waals surface area contributed by atoms with Crippen LogP contribution in [0.25, 0.3) is 0 Å². The summed E-state index contributed by atoms with van der Waals surface area (Å²) in [5.74, 6) is 1.10. The highest BCUT2D eigenvalue weighted by atomic mass is 16.1. The fourth-order valence-corrected chi connectivity index (χ4v) is 1.44.